The zero-order valence-corrected chi connectivity index (χ0v) is 15.4. The van der Waals surface area contributed by atoms with E-state index in [9.17, 15) is 4.79 Å². The zero-order valence-electron chi connectivity index (χ0n) is 15.4. The Kier molecular flexibility index (Phi) is 5.53. The summed E-state index contributed by atoms with van der Waals surface area (Å²) < 4.78 is 5.25. The molecule has 0 bridgehead atoms. The van der Waals surface area contributed by atoms with Gasteiger partial charge in [0.15, 0.2) is 5.82 Å². The van der Waals surface area contributed by atoms with Crippen LogP contribution in [-0.4, -0.2) is 63.6 Å². The van der Waals surface area contributed by atoms with E-state index in [2.05, 4.69) is 35.2 Å². The maximum atomic E-state index is 12.2. The molecule has 144 valence electrons. The smallest absolute Gasteiger partial charge is 0.257 e. The van der Waals surface area contributed by atoms with Gasteiger partial charge in [0, 0.05) is 44.1 Å². The number of piperazine rings is 1. The van der Waals surface area contributed by atoms with Gasteiger partial charge in [-0.2, -0.15) is 4.98 Å². The first kappa shape index (κ1) is 18.1. The Morgan fingerprint density at radius 2 is 1.79 bits per heavy atom. The van der Waals surface area contributed by atoms with E-state index in [0.29, 0.717) is 18.3 Å². The molecule has 28 heavy (non-hydrogen) atoms. The van der Waals surface area contributed by atoms with Crippen LogP contribution < -0.4 is 10.2 Å². The normalized spacial score (nSPS) is 14.8. The molecule has 1 saturated heterocycles. The van der Waals surface area contributed by atoms with Gasteiger partial charge in [-0.05, 0) is 18.2 Å². The van der Waals surface area contributed by atoms with Crippen LogP contribution in [0.4, 0.5) is 5.95 Å². The number of nitrogens with zero attached hydrogens (tertiary/aromatic N) is 6. The summed E-state index contributed by atoms with van der Waals surface area (Å²) in [5.74, 6) is 1.58. The molecule has 0 unspecified atom stereocenters. The third-order valence-electron chi connectivity index (χ3n) is 4.51. The van der Waals surface area contributed by atoms with Crippen molar-refractivity contribution in [1.29, 1.82) is 0 Å². The molecule has 4 rings (SSSR count). The Bertz CT molecular complexity index is 893. The lowest BCUT2D eigenvalue weighted by Gasteiger charge is -2.34. The number of benzene rings is 1. The zero-order chi connectivity index (χ0) is 19.2. The van der Waals surface area contributed by atoms with E-state index in [4.69, 9.17) is 4.52 Å². The molecule has 0 spiro atoms. The van der Waals surface area contributed by atoms with Crippen molar-refractivity contribution in [2.45, 2.75) is 6.54 Å². The number of hydrogen-bond donors (Lipinski definition) is 1. The van der Waals surface area contributed by atoms with Crippen molar-refractivity contribution in [2.24, 2.45) is 0 Å². The quantitative estimate of drug-likeness (QED) is 0.676. The van der Waals surface area contributed by atoms with Crippen LogP contribution in [0, 0.1) is 0 Å². The highest BCUT2D eigenvalue weighted by molar-refractivity contribution is 5.78. The SMILES string of the molecule is O=C(CN1CCN(c2ncccn2)CC1)NCc1noc(-c2ccccc2)n1. The fourth-order valence-electron chi connectivity index (χ4n) is 3.02. The summed E-state index contributed by atoms with van der Waals surface area (Å²) in [4.78, 5) is 29.3. The Balaban J connectivity index is 1.22. The molecule has 1 aromatic carbocycles. The highest BCUT2D eigenvalue weighted by Crippen LogP contribution is 2.16. The van der Waals surface area contributed by atoms with Gasteiger partial charge in [0.05, 0.1) is 13.1 Å². The summed E-state index contributed by atoms with van der Waals surface area (Å²) in [6, 6.07) is 11.3. The number of amides is 1. The van der Waals surface area contributed by atoms with Crippen molar-refractivity contribution < 1.29 is 9.32 Å². The minimum atomic E-state index is -0.0597. The molecule has 1 amide bonds. The number of aromatic nitrogens is 4. The highest BCUT2D eigenvalue weighted by Gasteiger charge is 2.20. The Morgan fingerprint density at radius 1 is 1.04 bits per heavy atom. The molecule has 1 fully saturated rings. The number of anilines is 1. The Labute approximate surface area is 162 Å². The van der Waals surface area contributed by atoms with Crippen molar-refractivity contribution in [3.63, 3.8) is 0 Å². The molecule has 1 aliphatic rings. The first-order valence-electron chi connectivity index (χ1n) is 9.17. The van der Waals surface area contributed by atoms with Crippen LogP contribution in [-0.2, 0) is 11.3 Å². The minimum absolute atomic E-state index is 0.0597. The second kappa shape index (κ2) is 8.57. The third kappa shape index (κ3) is 4.49. The predicted octanol–water partition coefficient (Wildman–Crippen LogP) is 0.965. The fraction of sp³-hybridized carbons (Fsp3) is 0.316. The lowest BCUT2D eigenvalue weighted by molar-refractivity contribution is -0.122. The van der Waals surface area contributed by atoms with Crippen molar-refractivity contribution in [1.82, 2.24) is 30.3 Å². The highest BCUT2D eigenvalue weighted by atomic mass is 16.5. The minimum Gasteiger partial charge on any atom is -0.348 e. The van der Waals surface area contributed by atoms with E-state index >= 15 is 0 Å². The van der Waals surface area contributed by atoms with Crippen LogP contribution >= 0.6 is 0 Å². The average molecular weight is 379 g/mol. The molecule has 0 radical (unpaired) electrons. The molecule has 9 heteroatoms. The van der Waals surface area contributed by atoms with Crippen molar-refractivity contribution >= 4 is 11.9 Å². The van der Waals surface area contributed by atoms with Crippen LogP contribution in [0.1, 0.15) is 5.82 Å². The van der Waals surface area contributed by atoms with Gasteiger partial charge in [-0.25, -0.2) is 9.97 Å². The summed E-state index contributed by atoms with van der Waals surface area (Å²) in [6.07, 6.45) is 3.48. The van der Waals surface area contributed by atoms with Gasteiger partial charge in [0.2, 0.25) is 11.9 Å². The predicted molar refractivity (Wildman–Crippen MR) is 102 cm³/mol. The molecule has 3 heterocycles. The van der Waals surface area contributed by atoms with Gasteiger partial charge in [-0.1, -0.05) is 23.4 Å². The average Bonchev–Trinajstić information content (AvgIpc) is 3.23. The van der Waals surface area contributed by atoms with Gasteiger partial charge in [0.1, 0.15) is 0 Å². The Morgan fingerprint density at radius 3 is 2.54 bits per heavy atom. The molecular weight excluding hydrogens is 358 g/mol. The van der Waals surface area contributed by atoms with Crippen LogP contribution in [0.2, 0.25) is 0 Å². The maximum Gasteiger partial charge on any atom is 0.257 e. The third-order valence-corrected chi connectivity index (χ3v) is 4.51. The van der Waals surface area contributed by atoms with Gasteiger partial charge in [-0.3, -0.25) is 9.69 Å². The molecule has 9 nitrogen and oxygen atoms in total. The number of carbonyl (C=O) groups excluding carboxylic acids is 1. The lowest BCUT2D eigenvalue weighted by atomic mass is 10.2. The van der Waals surface area contributed by atoms with Crippen molar-refractivity contribution in [3.8, 4) is 11.5 Å². The van der Waals surface area contributed by atoms with Crippen molar-refractivity contribution in [2.75, 3.05) is 37.6 Å². The molecule has 1 N–H and O–H groups in total. The molecule has 1 aliphatic heterocycles. The van der Waals surface area contributed by atoms with E-state index in [1.165, 1.54) is 0 Å². The van der Waals surface area contributed by atoms with Crippen LogP contribution in [0.3, 0.4) is 0 Å². The summed E-state index contributed by atoms with van der Waals surface area (Å²) in [6.45, 7) is 3.74. The summed E-state index contributed by atoms with van der Waals surface area (Å²) >= 11 is 0. The lowest BCUT2D eigenvalue weighted by Crippen LogP contribution is -2.49. The van der Waals surface area contributed by atoms with Crippen LogP contribution in [0.5, 0.6) is 0 Å². The fourth-order valence-corrected chi connectivity index (χ4v) is 3.02. The topological polar surface area (TPSA) is 100 Å². The van der Waals surface area contributed by atoms with Gasteiger partial charge >= 0.3 is 0 Å². The first-order valence-corrected chi connectivity index (χ1v) is 9.17. The second-order valence-electron chi connectivity index (χ2n) is 6.47. The molecule has 0 saturated carbocycles. The van der Waals surface area contributed by atoms with Gasteiger partial charge in [-0.15, -0.1) is 0 Å². The van der Waals surface area contributed by atoms with Crippen molar-refractivity contribution in [3.05, 3.63) is 54.6 Å². The molecule has 0 aliphatic carbocycles. The summed E-state index contributed by atoms with van der Waals surface area (Å²) in [5.41, 5.74) is 0.854. The Hall–Kier alpha value is -3.33. The molecular formula is C19H21N7O2. The van der Waals surface area contributed by atoms with Gasteiger partial charge < -0.3 is 14.7 Å². The number of nitrogens with one attached hydrogen (secondary N) is 1. The standard InChI is InChI=1S/C19H21N7O2/c27-17(14-25-9-11-26(12-10-25)19-20-7-4-8-21-19)22-13-16-23-18(28-24-16)15-5-2-1-3-6-15/h1-8H,9-14H2,(H,22,27). The monoisotopic (exact) mass is 379 g/mol. The second-order valence-corrected chi connectivity index (χ2v) is 6.47. The van der Waals surface area contributed by atoms with E-state index < -0.39 is 0 Å². The number of carbonyl (C=O) groups is 1. The molecule has 2 aromatic heterocycles. The van der Waals surface area contributed by atoms with Gasteiger partial charge in [0.25, 0.3) is 5.89 Å². The number of rotatable bonds is 6. The summed E-state index contributed by atoms with van der Waals surface area (Å²) in [5, 5.41) is 6.77. The van der Waals surface area contributed by atoms with E-state index in [-0.39, 0.29) is 12.5 Å². The largest absolute Gasteiger partial charge is 0.348 e. The van der Waals surface area contributed by atoms with Crippen LogP contribution in [0.15, 0.2) is 53.3 Å². The van der Waals surface area contributed by atoms with E-state index in [1.807, 2.05) is 30.3 Å². The molecule has 0 atom stereocenters. The summed E-state index contributed by atoms with van der Waals surface area (Å²) in [7, 11) is 0. The maximum absolute atomic E-state index is 12.2. The number of hydrogen-bond acceptors (Lipinski definition) is 8. The first-order chi connectivity index (χ1) is 13.8. The van der Waals surface area contributed by atoms with E-state index in [1.54, 1.807) is 18.5 Å². The van der Waals surface area contributed by atoms with E-state index in [0.717, 1.165) is 37.7 Å². The molecule has 3 aromatic rings. The van der Waals surface area contributed by atoms with Crippen LogP contribution in [0.25, 0.3) is 11.5 Å².